The fourth-order valence-corrected chi connectivity index (χ4v) is 5.13. The van der Waals surface area contributed by atoms with E-state index in [-0.39, 0.29) is 28.3 Å². The molecule has 1 aromatic rings. The van der Waals surface area contributed by atoms with E-state index < -0.39 is 26.9 Å². The molecule has 0 aromatic heterocycles. The van der Waals surface area contributed by atoms with Crippen LogP contribution in [0.2, 0.25) is 5.02 Å². The van der Waals surface area contributed by atoms with Gasteiger partial charge in [-0.1, -0.05) is 23.8 Å². The number of amides is 2. The second-order valence-corrected chi connectivity index (χ2v) is 8.59. The Morgan fingerprint density at radius 2 is 2.12 bits per heavy atom. The number of allylic oxidation sites excluding steroid dienone is 1. The molecule has 1 saturated heterocycles. The topological polar surface area (TPSA) is 105 Å². The summed E-state index contributed by atoms with van der Waals surface area (Å²) in [4.78, 5) is 11.7. The van der Waals surface area contributed by atoms with Crippen LogP contribution in [0, 0.1) is 0 Å². The predicted octanol–water partition coefficient (Wildman–Crippen LogP) is 2.45. The molecule has 1 heterocycles. The van der Waals surface area contributed by atoms with E-state index in [2.05, 4.69) is 10.6 Å². The van der Waals surface area contributed by atoms with Crippen molar-refractivity contribution in [1.29, 1.82) is 0 Å². The van der Waals surface area contributed by atoms with Crippen molar-refractivity contribution in [3.8, 4) is 5.75 Å². The second-order valence-electron chi connectivity index (χ2n) is 6.01. The average Bonchev–Trinajstić information content (AvgIpc) is 3.23. The van der Waals surface area contributed by atoms with Gasteiger partial charge in [-0.15, -0.1) is 0 Å². The fraction of sp³-hybridized carbons (Fsp3) is 0.438. The van der Waals surface area contributed by atoms with Gasteiger partial charge >= 0.3 is 6.03 Å². The lowest BCUT2D eigenvalue weighted by Crippen LogP contribution is -2.35. The molecule has 3 rings (SSSR count). The van der Waals surface area contributed by atoms with Crippen LogP contribution in [-0.4, -0.2) is 44.1 Å². The molecule has 2 amide bonds. The molecule has 0 radical (unpaired) electrons. The number of aromatic hydroxyl groups is 1. The third-order valence-electron chi connectivity index (χ3n) is 4.27. The summed E-state index contributed by atoms with van der Waals surface area (Å²) in [6.07, 6.45) is 5.89. The number of benzene rings is 1. The summed E-state index contributed by atoms with van der Waals surface area (Å²) >= 11 is 6.02. The smallest absolute Gasteiger partial charge is 0.319 e. The molecule has 0 spiro atoms. The Labute approximate surface area is 150 Å². The maximum Gasteiger partial charge on any atom is 0.319 e. The number of rotatable bonds is 4. The van der Waals surface area contributed by atoms with Gasteiger partial charge in [0.15, 0.2) is 15.6 Å². The number of hydrogen-bond acceptors (Lipinski definition) is 5. The first-order valence-corrected chi connectivity index (χ1v) is 9.89. The number of urea groups is 1. The largest absolute Gasteiger partial charge is 0.504 e. The molecular formula is C16H19ClN2O5S. The van der Waals surface area contributed by atoms with Crippen LogP contribution >= 0.6 is 11.6 Å². The fourth-order valence-electron chi connectivity index (χ4n) is 2.92. The van der Waals surface area contributed by atoms with Gasteiger partial charge in [0.05, 0.1) is 22.6 Å². The number of anilines is 1. The highest BCUT2D eigenvalue weighted by Gasteiger charge is 2.35. The summed E-state index contributed by atoms with van der Waals surface area (Å²) in [7, 11) is -3.87. The zero-order valence-electron chi connectivity index (χ0n) is 13.4. The maximum absolute atomic E-state index is 12.7. The molecule has 9 heteroatoms. The van der Waals surface area contributed by atoms with Gasteiger partial charge in [0.2, 0.25) is 0 Å². The van der Waals surface area contributed by atoms with Crippen LogP contribution in [0.3, 0.4) is 0 Å². The van der Waals surface area contributed by atoms with Crippen molar-refractivity contribution in [2.24, 2.45) is 0 Å². The standard InChI is InChI=1S/C16H19ClN2O5S/c17-12-5-6-13(19-16(21)18-10-3-1-2-4-10)14(20)15(12)25(22,23)11-7-8-24-9-11/h1,3,5-6,10-11,20H,2,4,7-9H2,(H2,18,19,21). The van der Waals surface area contributed by atoms with E-state index in [0.29, 0.717) is 13.0 Å². The molecule has 1 aliphatic carbocycles. The van der Waals surface area contributed by atoms with Gasteiger partial charge in [-0.25, -0.2) is 13.2 Å². The molecule has 2 atom stereocenters. The number of hydrogen-bond donors (Lipinski definition) is 3. The lowest BCUT2D eigenvalue weighted by atomic mass is 10.2. The predicted molar refractivity (Wildman–Crippen MR) is 93.8 cm³/mol. The summed E-state index contributed by atoms with van der Waals surface area (Å²) in [5, 5.41) is 14.8. The van der Waals surface area contributed by atoms with Gasteiger partial charge < -0.3 is 20.5 Å². The molecule has 2 aliphatic rings. The van der Waals surface area contributed by atoms with Gasteiger partial charge in [-0.2, -0.15) is 0 Å². The molecule has 136 valence electrons. The van der Waals surface area contributed by atoms with Gasteiger partial charge in [-0.05, 0) is 31.4 Å². The van der Waals surface area contributed by atoms with E-state index in [4.69, 9.17) is 16.3 Å². The third-order valence-corrected chi connectivity index (χ3v) is 6.93. The van der Waals surface area contributed by atoms with Crippen LogP contribution in [0.15, 0.2) is 29.2 Å². The summed E-state index contributed by atoms with van der Waals surface area (Å²) in [6.45, 7) is 0.405. The first-order chi connectivity index (χ1) is 11.9. The zero-order valence-corrected chi connectivity index (χ0v) is 14.9. The number of phenols is 1. The zero-order chi connectivity index (χ0) is 18.0. The van der Waals surface area contributed by atoms with Crippen molar-refractivity contribution in [3.63, 3.8) is 0 Å². The van der Waals surface area contributed by atoms with Crippen molar-refractivity contribution in [2.45, 2.75) is 35.4 Å². The number of phenolic OH excluding ortho intramolecular Hbond substituents is 1. The molecule has 2 unspecified atom stereocenters. The van der Waals surface area contributed by atoms with E-state index in [0.717, 1.165) is 12.8 Å². The summed E-state index contributed by atoms with van der Waals surface area (Å²) in [5.74, 6) is -0.559. The molecule has 7 nitrogen and oxygen atoms in total. The number of nitrogens with one attached hydrogen (secondary N) is 2. The molecule has 3 N–H and O–H groups in total. The SMILES string of the molecule is O=C(Nc1ccc(Cl)c(S(=O)(=O)C2CCOC2)c1O)NC1C=CCC1. The Morgan fingerprint density at radius 3 is 2.76 bits per heavy atom. The van der Waals surface area contributed by atoms with Crippen LogP contribution in [0.5, 0.6) is 5.75 Å². The van der Waals surface area contributed by atoms with Gasteiger partial charge in [0.25, 0.3) is 0 Å². The summed E-state index contributed by atoms with van der Waals surface area (Å²) in [5.41, 5.74) is -0.0126. The second kappa shape index (κ2) is 7.23. The number of carbonyl (C=O) groups is 1. The highest BCUT2D eigenvalue weighted by Crippen LogP contribution is 2.39. The molecule has 1 aromatic carbocycles. The van der Waals surface area contributed by atoms with Crippen molar-refractivity contribution in [1.82, 2.24) is 5.32 Å². The van der Waals surface area contributed by atoms with Crippen molar-refractivity contribution in [2.75, 3.05) is 18.5 Å². The summed E-state index contributed by atoms with van der Waals surface area (Å²) < 4.78 is 30.6. The Morgan fingerprint density at radius 1 is 1.32 bits per heavy atom. The van der Waals surface area contributed by atoms with E-state index in [1.165, 1.54) is 12.1 Å². The van der Waals surface area contributed by atoms with E-state index in [1.807, 2.05) is 12.2 Å². The van der Waals surface area contributed by atoms with E-state index in [1.54, 1.807) is 0 Å². The molecule has 0 saturated carbocycles. The monoisotopic (exact) mass is 386 g/mol. The minimum Gasteiger partial charge on any atom is -0.504 e. The Bertz CT molecular complexity index is 803. The van der Waals surface area contributed by atoms with Crippen LogP contribution in [-0.2, 0) is 14.6 Å². The minimum absolute atomic E-state index is 0.0126. The summed E-state index contributed by atoms with van der Waals surface area (Å²) in [6, 6.07) is 2.11. The Kier molecular flexibility index (Phi) is 5.21. The lowest BCUT2D eigenvalue weighted by Gasteiger charge is -2.17. The molecular weight excluding hydrogens is 368 g/mol. The first-order valence-electron chi connectivity index (χ1n) is 7.97. The number of carbonyl (C=O) groups excluding carboxylic acids is 1. The number of sulfone groups is 1. The molecule has 1 aliphatic heterocycles. The number of ether oxygens (including phenoxy) is 1. The van der Waals surface area contributed by atoms with Crippen molar-refractivity contribution in [3.05, 3.63) is 29.3 Å². The Hall–Kier alpha value is -1.77. The average molecular weight is 387 g/mol. The van der Waals surface area contributed by atoms with E-state index >= 15 is 0 Å². The van der Waals surface area contributed by atoms with Gasteiger partial charge in [0, 0.05) is 12.6 Å². The van der Waals surface area contributed by atoms with Crippen molar-refractivity contribution < 1.29 is 23.1 Å². The van der Waals surface area contributed by atoms with Gasteiger partial charge in [-0.3, -0.25) is 0 Å². The quantitative estimate of drug-likeness (QED) is 0.544. The van der Waals surface area contributed by atoms with Gasteiger partial charge in [0.1, 0.15) is 4.90 Å². The van der Waals surface area contributed by atoms with E-state index in [9.17, 15) is 18.3 Å². The Balaban J connectivity index is 1.84. The molecule has 25 heavy (non-hydrogen) atoms. The molecule has 1 fully saturated rings. The maximum atomic E-state index is 12.7. The van der Waals surface area contributed by atoms with Crippen LogP contribution < -0.4 is 10.6 Å². The van der Waals surface area contributed by atoms with Crippen LogP contribution in [0.4, 0.5) is 10.5 Å². The first kappa shape index (κ1) is 18.0. The molecule has 0 bridgehead atoms. The normalized spacial score (nSPS) is 22.9. The number of halogens is 1. The highest BCUT2D eigenvalue weighted by atomic mass is 35.5. The lowest BCUT2D eigenvalue weighted by molar-refractivity contribution is 0.198. The third kappa shape index (κ3) is 3.75. The van der Waals surface area contributed by atoms with Crippen molar-refractivity contribution >= 4 is 33.2 Å². The van der Waals surface area contributed by atoms with Crippen LogP contribution in [0.25, 0.3) is 0 Å². The van der Waals surface area contributed by atoms with Crippen LogP contribution in [0.1, 0.15) is 19.3 Å². The minimum atomic E-state index is -3.87. The highest BCUT2D eigenvalue weighted by molar-refractivity contribution is 7.92.